The van der Waals surface area contributed by atoms with Crippen molar-refractivity contribution in [3.05, 3.63) is 81.4 Å². The van der Waals surface area contributed by atoms with Crippen LogP contribution in [0.1, 0.15) is 5.69 Å². The molecule has 2 aromatic carbocycles. The number of pyridine rings is 1. The molecule has 0 unspecified atom stereocenters. The molecule has 0 amide bonds. The van der Waals surface area contributed by atoms with Crippen molar-refractivity contribution in [3.63, 3.8) is 0 Å². The fourth-order valence-electron chi connectivity index (χ4n) is 2.21. The summed E-state index contributed by atoms with van der Waals surface area (Å²) < 4.78 is 19.4. The summed E-state index contributed by atoms with van der Waals surface area (Å²) >= 11 is 0. The first-order chi connectivity index (χ1) is 11.1. The van der Waals surface area contributed by atoms with Crippen LogP contribution >= 0.6 is 0 Å². The van der Waals surface area contributed by atoms with Crippen LogP contribution in [0.25, 0.3) is 10.9 Å². The Morgan fingerprint density at radius 2 is 1.91 bits per heavy atom. The van der Waals surface area contributed by atoms with E-state index >= 15 is 0 Å². The minimum atomic E-state index is -0.938. The van der Waals surface area contributed by atoms with E-state index in [9.17, 15) is 19.7 Å². The quantitative estimate of drug-likeness (QED) is 0.321. The van der Waals surface area contributed by atoms with Crippen molar-refractivity contribution in [2.24, 2.45) is 0 Å². The van der Waals surface area contributed by atoms with E-state index in [1.165, 1.54) is 6.07 Å². The molecular weight excluding hydrogens is 303 g/mol. The summed E-state index contributed by atoms with van der Waals surface area (Å²) in [5, 5.41) is 23.7. The lowest BCUT2D eigenvalue weighted by Gasteiger charge is -2.09. The van der Waals surface area contributed by atoms with E-state index in [0.29, 0.717) is 11.2 Å². The number of hydrogen-bond acceptors (Lipinski definition) is 4. The Kier molecular flexibility index (Phi) is 3.76. The summed E-state index contributed by atoms with van der Waals surface area (Å²) in [6, 6.07) is 13.7. The average Bonchev–Trinajstić information content (AvgIpc) is 2.55. The minimum Gasteiger partial charge on any atom is -0.618 e. The zero-order chi connectivity index (χ0) is 16.4. The van der Waals surface area contributed by atoms with Gasteiger partial charge in [0.25, 0.3) is 0 Å². The second-order valence-electron chi connectivity index (χ2n) is 4.84. The van der Waals surface area contributed by atoms with Crippen molar-refractivity contribution in [2.75, 3.05) is 0 Å². The fourth-order valence-corrected chi connectivity index (χ4v) is 2.21. The molecule has 0 atom stereocenters. The molecule has 7 heteroatoms. The van der Waals surface area contributed by atoms with Gasteiger partial charge in [-0.25, -0.2) is 0 Å². The first kappa shape index (κ1) is 14.7. The highest BCUT2D eigenvalue weighted by molar-refractivity contribution is 5.75. The van der Waals surface area contributed by atoms with Crippen LogP contribution in [-0.2, 0) is 6.61 Å². The molecule has 6 nitrogen and oxygen atoms in total. The van der Waals surface area contributed by atoms with Crippen molar-refractivity contribution in [1.82, 2.24) is 0 Å². The van der Waals surface area contributed by atoms with Crippen LogP contribution in [0.5, 0.6) is 5.75 Å². The van der Waals surface area contributed by atoms with Crippen LogP contribution in [0, 0.1) is 21.1 Å². The van der Waals surface area contributed by atoms with E-state index in [4.69, 9.17) is 4.74 Å². The first-order valence-corrected chi connectivity index (χ1v) is 6.73. The lowest BCUT2D eigenvalue weighted by Crippen LogP contribution is -2.33. The molecule has 1 heterocycles. The topological polar surface area (TPSA) is 79.3 Å². The number of nitro groups is 1. The van der Waals surface area contributed by atoms with Gasteiger partial charge in [0.15, 0.2) is 6.61 Å². The van der Waals surface area contributed by atoms with Gasteiger partial charge in [-0.1, -0.05) is 12.1 Å². The molecule has 3 aromatic rings. The van der Waals surface area contributed by atoms with Gasteiger partial charge in [0.2, 0.25) is 17.0 Å². The number of aromatic nitrogens is 1. The Labute approximate surface area is 130 Å². The second-order valence-corrected chi connectivity index (χ2v) is 4.84. The molecule has 0 saturated carbocycles. The number of benzene rings is 2. The van der Waals surface area contributed by atoms with Crippen molar-refractivity contribution in [2.45, 2.75) is 6.61 Å². The summed E-state index contributed by atoms with van der Waals surface area (Å²) in [6.07, 6.45) is 0. The minimum absolute atomic E-state index is 0.0862. The number of fused-ring (bicyclic) bond motifs is 1. The maximum absolute atomic E-state index is 13.3. The normalized spacial score (nSPS) is 10.7. The molecule has 0 spiro atoms. The van der Waals surface area contributed by atoms with Gasteiger partial charge in [-0.15, -0.1) is 0 Å². The number of ether oxygens (including phenoxy) is 1. The molecule has 1 aromatic heterocycles. The molecular formula is C16H11FN2O4. The van der Waals surface area contributed by atoms with E-state index in [-0.39, 0.29) is 12.4 Å². The molecule has 0 bridgehead atoms. The van der Waals surface area contributed by atoms with Crippen LogP contribution in [-0.4, -0.2) is 4.92 Å². The summed E-state index contributed by atoms with van der Waals surface area (Å²) in [7, 11) is 0. The molecule has 0 fully saturated rings. The summed E-state index contributed by atoms with van der Waals surface area (Å²) in [4.78, 5) is 9.88. The summed E-state index contributed by atoms with van der Waals surface area (Å²) in [6.45, 7) is -0.0862. The molecule has 23 heavy (non-hydrogen) atoms. The van der Waals surface area contributed by atoms with E-state index in [0.717, 1.165) is 22.2 Å². The van der Waals surface area contributed by atoms with Gasteiger partial charge in [-0.3, -0.25) is 10.1 Å². The first-order valence-electron chi connectivity index (χ1n) is 6.73. The summed E-state index contributed by atoms with van der Waals surface area (Å²) in [5.41, 5.74) is 0.172. The van der Waals surface area contributed by atoms with Gasteiger partial charge in [0.1, 0.15) is 5.75 Å². The average molecular weight is 314 g/mol. The third kappa shape index (κ3) is 2.89. The number of nitrogens with zero attached hydrogens (tertiary/aromatic N) is 2. The zero-order valence-corrected chi connectivity index (χ0v) is 11.8. The monoisotopic (exact) mass is 314 g/mol. The lowest BCUT2D eigenvalue weighted by molar-refractivity contribution is -0.588. The van der Waals surface area contributed by atoms with Gasteiger partial charge >= 0.3 is 5.69 Å². The van der Waals surface area contributed by atoms with Crippen LogP contribution in [0.4, 0.5) is 10.1 Å². The lowest BCUT2D eigenvalue weighted by atomic mass is 10.2. The second kappa shape index (κ2) is 5.88. The number of hydrogen-bond donors (Lipinski definition) is 0. The predicted octanol–water partition coefficient (Wildman–Crippen LogP) is 3.10. The standard InChI is InChI=1S/C16H11FN2O4/c17-14-8-7-13(9-16(14)19(21)22)23-10-12-6-5-11-3-1-2-4-15(11)18(12)20/h1-9H,10H2. The van der Waals surface area contributed by atoms with Crippen LogP contribution in [0.3, 0.4) is 0 Å². The van der Waals surface area contributed by atoms with E-state index < -0.39 is 16.4 Å². The Hall–Kier alpha value is -3.22. The number of halogens is 1. The third-order valence-electron chi connectivity index (χ3n) is 3.37. The van der Waals surface area contributed by atoms with Crippen LogP contribution < -0.4 is 9.47 Å². The van der Waals surface area contributed by atoms with Crippen LogP contribution in [0.2, 0.25) is 0 Å². The molecule has 0 saturated heterocycles. The molecule has 3 rings (SSSR count). The molecule has 0 aliphatic carbocycles. The van der Waals surface area contributed by atoms with Gasteiger partial charge < -0.3 is 9.94 Å². The SMILES string of the molecule is O=[N+]([O-])c1cc(OCc2ccc3ccccc3[n+]2[O-])ccc1F. The van der Waals surface area contributed by atoms with Crippen molar-refractivity contribution < 1.29 is 18.8 Å². The zero-order valence-electron chi connectivity index (χ0n) is 11.8. The Morgan fingerprint density at radius 3 is 2.70 bits per heavy atom. The smallest absolute Gasteiger partial charge is 0.308 e. The van der Waals surface area contributed by atoms with Crippen molar-refractivity contribution >= 4 is 16.6 Å². The Balaban J connectivity index is 1.85. The number of nitro benzene ring substituents is 1. The van der Waals surface area contributed by atoms with Gasteiger partial charge in [0.05, 0.1) is 11.0 Å². The molecule has 0 aliphatic heterocycles. The van der Waals surface area contributed by atoms with Gasteiger partial charge in [-0.05, 0) is 24.3 Å². The third-order valence-corrected chi connectivity index (χ3v) is 3.37. The van der Waals surface area contributed by atoms with Crippen LogP contribution in [0.15, 0.2) is 54.6 Å². The van der Waals surface area contributed by atoms with Gasteiger partial charge in [0, 0.05) is 17.5 Å². The Bertz CT molecular complexity index is 898. The molecule has 0 N–H and O–H groups in total. The number of rotatable bonds is 4. The van der Waals surface area contributed by atoms with E-state index in [1.807, 2.05) is 12.1 Å². The highest BCUT2D eigenvalue weighted by Gasteiger charge is 2.16. The summed E-state index contributed by atoms with van der Waals surface area (Å²) in [5.74, 6) is -0.821. The molecule has 0 radical (unpaired) electrons. The largest absolute Gasteiger partial charge is 0.618 e. The highest BCUT2D eigenvalue weighted by Crippen LogP contribution is 2.23. The van der Waals surface area contributed by atoms with Gasteiger partial charge in [-0.2, -0.15) is 9.12 Å². The molecule has 0 aliphatic rings. The highest BCUT2D eigenvalue weighted by atomic mass is 19.1. The molecule has 116 valence electrons. The Morgan fingerprint density at radius 1 is 1.13 bits per heavy atom. The van der Waals surface area contributed by atoms with E-state index in [2.05, 4.69) is 0 Å². The number of para-hydroxylation sites is 1. The predicted molar refractivity (Wildman–Crippen MR) is 80.3 cm³/mol. The van der Waals surface area contributed by atoms with E-state index in [1.54, 1.807) is 24.3 Å². The van der Waals surface area contributed by atoms with Crippen molar-refractivity contribution in [3.8, 4) is 5.75 Å². The fraction of sp³-hybridized carbons (Fsp3) is 0.0625. The van der Waals surface area contributed by atoms with Crippen molar-refractivity contribution in [1.29, 1.82) is 0 Å². The maximum Gasteiger partial charge on any atom is 0.308 e. The maximum atomic E-state index is 13.3.